The maximum atomic E-state index is 10.5. The molecule has 70 valence electrons. The van der Waals surface area contributed by atoms with Crippen LogP contribution in [0.15, 0.2) is 12.1 Å². The minimum atomic E-state index is -0.249. The van der Waals surface area contributed by atoms with E-state index >= 15 is 0 Å². The van der Waals surface area contributed by atoms with Gasteiger partial charge in [0, 0.05) is 5.56 Å². The fourth-order valence-electron chi connectivity index (χ4n) is 1.20. The molecule has 0 aromatic heterocycles. The number of phenols is 1. The summed E-state index contributed by atoms with van der Waals surface area (Å²) < 4.78 is 0. The van der Waals surface area contributed by atoms with E-state index in [1.807, 2.05) is 6.92 Å². The molecule has 0 unspecified atom stereocenters. The zero-order valence-electron chi connectivity index (χ0n) is 7.45. The smallest absolute Gasteiger partial charge is 0.153 e. The first kappa shape index (κ1) is 9.74. The van der Waals surface area contributed by atoms with E-state index in [-0.39, 0.29) is 17.9 Å². The van der Waals surface area contributed by atoms with Crippen molar-refractivity contribution in [1.29, 1.82) is 0 Å². The number of aliphatic hydroxyl groups is 1. The summed E-state index contributed by atoms with van der Waals surface area (Å²) in [6.07, 6.45) is 1.36. The maximum absolute atomic E-state index is 10.5. The molecule has 0 atom stereocenters. The lowest BCUT2D eigenvalue weighted by atomic mass is 10.0. The lowest BCUT2D eigenvalue weighted by Crippen LogP contribution is -1.93. The molecule has 1 rings (SSSR count). The fraction of sp³-hybridized carbons (Fsp3) is 0.300. The highest BCUT2D eigenvalue weighted by atomic mass is 16.3. The molecule has 1 aromatic carbocycles. The van der Waals surface area contributed by atoms with Crippen molar-refractivity contribution in [2.24, 2.45) is 0 Å². The van der Waals surface area contributed by atoms with Crippen molar-refractivity contribution >= 4 is 6.29 Å². The summed E-state index contributed by atoms with van der Waals surface area (Å²) in [5, 5.41) is 18.3. The third-order valence-corrected chi connectivity index (χ3v) is 1.98. The molecular weight excluding hydrogens is 168 g/mol. The molecule has 3 heteroatoms. The molecule has 0 aliphatic carbocycles. The van der Waals surface area contributed by atoms with Crippen molar-refractivity contribution in [1.82, 2.24) is 0 Å². The number of aromatic hydroxyl groups is 1. The van der Waals surface area contributed by atoms with E-state index in [9.17, 15) is 9.90 Å². The van der Waals surface area contributed by atoms with Gasteiger partial charge in [-0.1, -0.05) is 6.92 Å². The number of rotatable bonds is 3. The number of aryl methyl sites for hydroxylation is 1. The van der Waals surface area contributed by atoms with Crippen LogP contribution in [0.5, 0.6) is 5.75 Å². The molecule has 13 heavy (non-hydrogen) atoms. The predicted octanol–water partition coefficient (Wildman–Crippen LogP) is 1.26. The SMILES string of the molecule is CCc1cc(C=O)c(O)c(CO)c1. The number of carbonyl (C=O) groups excluding carboxylic acids is 1. The van der Waals surface area contributed by atoms with Crippen molar-refractivity contribution in [2.75, 3.05) is 0 Å². The Labute approximate surface area is 76.6 Å². The van der Waals surface area contributed by atoms with Crippen LogP contribution in [0, 0.1) is 0 Å². The van der Waals surface area contributed by atoms with Crippen LogP contribution < -0.4 is 0 Å². The predicted molar refractivity (Wildman–Crippen MR) is 48.8 cm³/mol. The molecule has 0 radical (unpaired) electrons. The van der Waals surface area contributed by atoms with Crippen molar-refractivity contribution in [2.45, 2.75) is 20.0 Å². The molecule has 0 spiro atoms. The Kier molecular flexibility index (Phi) is 3.03. The van der Waals surface area contributed by atoms with Crippen molar-refractivity contribution < 1.29 is 15.0 Å². The first-order valence-electron chi connectivity index (χ1n) is 4.13. The minimum Gasteiger partial charge on any atom is -0.507 e. The number of aliphatic hydroxyl groups excluding tert-OH is 1. The molecule has 1 aromatic rings. The highest BCUT2D eigenvalue weighted by molar-refractivity contribution is 5.80. The van der Waals surface area contributed by atoms with Gasteiger partial charge in [-0.3, -0.25) is 4.79 Å². The molecule has 0 saturated heterocycles. The van der Waals surface area contributed by atoms with Gasteiger partial charge in [0.2, 0.25) is 0 Å². The van der Waals surface area contributed by atoms with Crippen molar-refractivity contribution in [3.63, 3.8) is 0 Å². The molecule has 0 aliphatic heterocycles. The maximum Gasteiger partial charge on any atom is 0.153 e. The number of aldehydes is 1. The molecule has 0 fully saturated rings. The number of hydrogen-bond acceptors (Lipinski definition) is 3. The van der Waals surface area contributed by atoms with Crippen LogP contribution in [0.25, 0.3) is 0 Å². The number of carbonyl (C=O) groups is 1. The van der Waals surface area contributed by atoms with Crippen LogP contribution in [-0.2, 0) is 13.0 Å². The summed E-state index contributed by atoms with van der Waals surface area (Å²) in [6, 6.07) is 3.32. The average molecular weight is 180 g/mol. The van der Waals surface area contributed by atoms with Crippen LogP contribution in [0.2, 0.25) is 0 Å². The summed E-state index contributed by atoms with van der Waals surface area (Å²) in [7, 11) is 0. The van der Waals surface area contributed by atoms with E-state index in [0.717, 1.165) is 12.0 Å². The lowest BCUT2D eigenvalue weighted by molar-refractivity contribution is 0.112. The Morgan fingerprint density at radius 2 is 2.15 bits per heavy atom. The lowest BCUT2D eigenvalue weighted by Gasteiger charge is -2.06. The molecule has 0 amide bonds. The van der Waals surface area contributed by atoms with Gasteiger partial charge in [0.1, 0.15) is 5.75 Å². The highest BCUT2D eigenvalue weighted by Gasteiger charge is 2.07. The van der Waals surface area contributed by atoms with Gasteiger partial charge in [0.15, 0.2) is 6.29 Å². The molecular formula is C10H12O3. The van der Waals surface area contributed by atoms with Crippen LogP contribution in [-0.4, -0.2) is 16.5 Å². The summed E-state index contributed by atoms with van der Waals surface area (Å²) in [6.45, 7) is 1.70. The molecule has 0 saturated carbocycles. The number of benzene rings is 1. The molecule has 0 aliphatic rings. The molecule has 2 N–H and O–H groups in total. The Bertz CT molecular complexity index is 318. The first-order chi connectivity index (χ1) is 6.22. The second-order valence-electron chi connectivity index (χ2n) is 2.82. The molecule has 0 bridgehead atoms. The van der Waals surface area contributed by atoms with E-state index in [1.165, 1.54) is 0 Å². The van der Waals surface area contributed by atoms with Gasteiger partial charge in [0.25, 0.3) is 0 Å². The Balaban J connectivity index is 3.28. The van der Waals surface area contributed by atoms with Crippen LogP contribution in [0.3, 0.4) is 0 Å². The van der Waals surface area contributed by atoms with Crippen LogP contribution >= 0.6 is 0 Å². The van der Waals surface area contributed by atoms with Gasteiger partial charge < -0.3 is 10.2 Å². The van der Waals surface area contributed by atoms with E-state index in [2.05, 4.69) is 0 Å². The van der Waals surface area contributed by atoms with Gasteiger partial charge in [-0.15, -0.1) is 0 Å². The van der Waals surface area contributed by atoms with E-state index in [0.29, 0.717) is 11.8 Å². The van der Waals surface area contributed by atoms with Crippen molar-refractivity contribution in [3.8, 4) is 5.75 Å². The zero-order valence-corrected chi connectivity index (χ0v) is 7.45. The Morgan fingerprint density at radius 3 is 2.62 bits per heavy atom. The largest absolute Gasteiger partial charge is 0.507 e. The van der Waals surface area contributed by atoms with E-state index in [4.69, 9.17) is 5.11 Å². The Hall–Kier alpha value is -1.35. The fourth-order valence-corrected chi connectivity index (χ4v) is 1.20. The second kappa shape index (κ2) is 4.05. The minimum absolute atomic E-state index is 0.116. The summed E-state index contributed by atoms with van der Waals surface area (Å²) >= 11 is 0. The van der Waals surface area contributed by atoms with Crippen molar-refractivity contribution in [3.05, 3.63) is 28.8 Å². The summed E-state index contributed by atoms with van der Waals surface area (Å²) in [5.74, 6) is -0.116. The van der Waals surface area contributed by atoms with E-state index < -0.39 is 0 Å². The topological polar surface area (TPSA) is 57.5 Å². The first-order valence-corrected chi connectivity index (χ1v) is 4.13. The van der Waals surface area contributed by atoms with Gasteiger partial charge >= 0.3 is 0 Å². The summed E-state index contributed by atoms with van der Waals surface area (Å²) in [5.41, 5.74) is 1.58. The van der Waals surface area contributed by atoms with Gasteiger partial charge in [0.05, 0.1) is 12.2 Å². The number of hydrogen-bond donors (Lipinski definition) is 2. The van der Waals surface area contributed by atoms with Gasteiger partial charge in [-0.05, 0) is 24.1 Å². The molecule has 3 nitrogen and oxygen atoms in total. The average Bonchev–Trinajstić information content (AvgIpc) is 2.18. The van der Waals surface area contributed by atoms with Crippen LogP contribution in [0.1, 0.15) is 28.4 Å². The standard InChI is InChI=1S/C10H12O3/c1-2-7-3-8(5-11)10(13)9(4-7)6-12/h3-5,12-13H,2,6H2,1H3. The van der Waals surface area contributed by atoms with E-state index in [1.54, 1.807) is 12.1 Å². The highest BCUT2D eigenvalue weighted by Crippen LogP contribution is 2.23. The third kappa shape index (κ3) is 1.87. The van der Waals surface area contributed by atoms with Crippen LogP contribution in [0.4, 0.5) is 0 Å². The zero-order chi connectivity index (χ0) is 9.84. The second-order valence-corrected chi connectivity index (χ2v) is 2.82. The quantitative estimate of drug-likeness (QED) is 0.688. The molecule has 0 heterocycles. The van der Waals surface area contributed by atoms with Gasteiger partial charge in [-0.2, -0.15) is 0 Å². The monoisotopic (exact) mass is 180 g/mol. The third-order valence-electron chi connectivity index (χ3n) is 1.98. The normalized spacial score (nSPS) is 10.0. The summed E-state index contributed by atoms with van der Waals surface area (Å²) in [4.78, 5) is 10.5. The van der Waals surface area contributed by atoms with Gasteiger partial charge in [-0.25, -0.2) is 0 Å². The Morgan fingerprint density at radius 1 is 1.46 bits per heavy atom.